The Bertz CT molecular complexity index is 817. The molecule has 0 atom stereocenters. The molecule has 0 aromatic heterocycles. The molecule has 0 aliphatic rings. The molecule has 0 aliphatic heterocycles. The number of hydrazone groups is 1. The smallest absolute Gasteiger partial charge is 0.341 e. The second kappa shape index (κ2) is 9.22. The van der Waals surface area contributed by atoms with Gasteiger partial charge in [0.1, 0.15) is 11.5 Å². The standard InChI is InChI=1S/C19H20N2O5/c1-13-7-8-16(14(2)9-13)25-11-18(22)21-20-10-15-5-3-4-6-17(15)26-12-19(23)24/h3-10H,11-12H2,1-2H3,(H,21,22)(H,23,24)/b20-10+. The lowest BCUT2D eigenvalue weighted by Gasteiger charge is -2.09. The molecular formula is C19H20N2O5. The van der Waals surface area contributed by atoms with Crippen molar-refractivity contribution in [3.05, 3.63) is 59.2 Å². The first-order valence-corrected chi connectivity index (χ1v) is 7.91. The molecule has 1 amide bonds. The molecular weight excluding hydrogens is 336 g/mol. The Morgan fingerprint density at radius 3 is 2.54 bits per heavy atom. The van der Waals surface area contributed by atoms with Crippen LogP contribution in [0, 0.1) is 13.8 Å². The van der Waals surface area contributed by atoms with Gasteiger partial charge in [-0.15, -0.1) is 0 Å². The van der Waals surface area contributed by atoms with E-state index in [1.165, 1.54) is 6.21 Å². The molecule has 2 N–H and O–H groups in total. The summed E-state index contributed by atoms with van der Waals surface area (Å²) in [5.41, 5.74) is 4.97. The first kappa shape index (κ1) is 19.0. The Kier molecular flexibility index (Phi) is 6.73. The van der Waals surface area contributed by atoms with E-state index in [0.717, 1.165) is 11.1 Å². The zero-order chi connectivity index (χ0) is 18.9. The molecule has 26 heavy (non-hydrogen) atoms. The highest BCUT2D eigenvalue weighted by molar-refractivity contribution is 5.85. The number of carbonyl (C=O) groups is 2. The zero-order valence-electron chi connectivity index (χ0n) is 14.6. The zero-order valence-corrected chi connectivity index (χ0v) is 14.6. The number of aryl methyl sites for hydroxylation is 2. The van der Waals surface area contributed by atoms with Crippen LogP contribution in [0.5, 0.6) is 11.5 Å². The maximum Gasteiger partial charge on any atom is 0.341 e. The molecule has 2 rings (SSSR count). The molecule has 2 aromatic rings. The first-order chi connectivity index (χ1) is 12.5. The van der Waals surface area contributed by atoms with Crippen molar-refractivity contribution in [3.8, 4) is 11.5 Å². The van der Waals surface area contributed by atoms with E-state index in [1.54, 1.807) is 24.3 Å². The number of carbonyl (C=O) groups excluding carboxylic acids is 1. The second-order valence-corrected chi connectivity index (χ2v) is 5.57. The van der Waals surface area contributed by atoms with Gasteiger partial charge in [-0.25, -0.2) is 10.2 Å². The monoisotopic (exact) mass is 356 g/mol. The van der Waals surface area contributed by atoms with Gasteiger partial charge in [0.2, 0.25) is 0 Å². The molecule has 0 fully saturated rings. The quantitative estimate of drug-likeness (QED) is 0.559. The van der Waals surface area contributed by atoms with Crippen LogP contribution < -0.4 is 14.9 Å². The van der Waals surface area contributed by atoms with E-state index in [0.29, 0.717) is 17.1 Å². The van der Waals surface area contributed by atoms with Gasteiger partial charge >= 0.3 is 5.97 Å². The van der Waals surface area contributed by atoms with Crippen molar-refractivity contribution in [3.63, 3.8) is 0 Å². The van der Waals surface area contributed by atoms with E-state index < -0.39 is 18.5 Å². The summed E-state index contributed by atoms with van der Waals surface area (Å²) in [4.78, 5) is 22.4. The van der Waals surface area contributed by atoms with Crippen LogP contribution in [0.15, 0.2) is 47.6 Å². The van der Waals surface area contributed by atoms with Gasteiger partial charge in [-0.2, -0.15) is 5.10 Å². The lowest BCUT2D eigenvalue weighted by atomic mass is 10.1. The number of carboxylic acid groups (broad SMARTS) is 1. The van der Waals surface area contributed by atoms with E-state index in [1.807, 2.05) is 32.0 Å². The SMILES string of the molecule is Cc1ccc(OCC(=O)N/N=C/c2ccccc2OCC(=O)O)c(C)c1. The van der Waals surface area contributed by atoms with Crippen molar-refractivity contribution in [2.75, 3.05) is 13.2 Å². The fraction of sp³-hybridized carbons (Fsp3) is 0.211. The molecule has 0 unspecified atom stereocenters. The summed E-state index contributed by atoms with van der Waals surface area (Å²) < 4.78 is 10.6. The number of carboxylic acids is 1. The normalized spacial score (nSPS) is 10.5. The van der Waals surface area contributed by atoms with E-state index in [2.05, 4.69) is 10.5 Å². The molecule has 7 heteroatoms. The molecule has 0 saturated carbocycles. The number of para-hydroxylation sites is 1. The molecule has 7 nitrogen and oxygen atoms in total. The minimum absolute atomic E-state index is 0.168. The first-order valence-electron chi connectivity index (χ1n) is 7.91. The highest BCUT2D eigenvalue weighted by Gasteiger charge is 2.06. The van der Waals surface area contributed by atoms with Crippen LogP contribution in [0.3, 0.4) is 0 Å². The predicted octanol–water partition coefficient (Wildman–Crippen LogP) is 2.30. The number of rotatable bonds is 8. The molecule has 0 spiro atoms. The Morgan fingerprint density at radius 2 is 1.81 bits per heavy atom. The van der Waals surface area contributed by atoms with Crippen LogP contribution in [0.1, 0.15) is 16.7 Å². The van der Waals surface area contributed by atoms with Crippen molar-refractivity contribution in [2.45, 2.75) is 13.8 Å². The van der Waals surface area contributed by atoms with Crippen molar-refractivity contribution in [1.82, 2.24) is 5.43 Å². The van der Waals surface area contributed by atoms with Crippen LogP contribution in [0.25, 0.3) is 0 Å². The van der Waals surface area contributed by atoms with Gasteiger partial charge < -0.3 is 14.6 Å². The van der Waals surface area contributed by atoms with Gasteiger partial charge in [-0.1, -0.05) is 29.8 Å². The molecule has 0 aliphatic carbocycles. The number of hydrogen-bond donors (Lipinski definition) is 2. The van der Waals surface area contributed by atoms with Crippen LogP contribution >= 0.6 is 0 Å². The third-order valence-corrected chi connectivity index (χ3v) is 3.35. The highest BCUT2D eigenvalue weighted by Crippen LogP contribution is 2.18. The number of aliphatic carboxylic acids is 1. The number of ether oxygens (including phenoxy) is 2. The van der Waals surface area contributed by atoms with Gasteiger partial charge in [0.05, 0.1) is 6.21 Å². The van der Waals surface area contributed by atoms with Crippen LogP contribution in [-0.4, -0.2) is 36.4 Å². The molecule has 2 aromatic carbocycles. The third kappa shape index (κ3) is 5.94. The van der Waals surface area contributed by atoms with Crippen molar-refractivity contribution >= 4 is 18.1 Å². The molecule has 0 bridgehead atoms. The Morgan fingerprint density at radius 1 is 1.08 bits per heavy atom. The summed E-state index contributed by atoms with van der Waals surface area (Å²) in [7, 11) is 0. The van der Waals surface area contributed by atoms with E-state index in [4.69, 9.17) is 14.6 Å². The summed E-state index contributed by atoms with van der Waals surface area (Å²) in [6.07, 6.45) is 1.38. The van der Waals surface area contributed by atoms with Gasteiger partial charge in [-0.3, -0.25) is 4.79 Å². The molecule has 0 heterocycles. The van der Waals surface area contributed by atoms with Crippen LogP contribution in [0.4, 0.5) is 0 Å². The van der Waals surface area contributed by atoms with Crippen LogP contribution in [-0.2, 0) is 9.59 Å². The predicted molar refractivity (Wildman–Crippen MR) is 96.7 cm³/mol. The topological polar surface area (TPSA) is 97.2 Å². The lowest BCUT2D eigenvalue weighted by molar-refractivity contribution is -0.139. The summed E-state index contributed by atoms with van der Waals surface area (Å²) in [5, 5.41) is 12.5. The van der Waals surface area contributed by atoms with Gasteiger partial charge in [-0.05, 0) is 37.6 Å². The maximum absolute atomic E-state index is 11.8. The Labute approximate surface area is 151 Å². The van der Waals surface area contributed by atoms with Crippen molar-refractivity contribution in [2.24, 2.45) is 5.10 Å². The average Bonchev–Trinajstić information content (AvgIpc) is 2.60. The number of amides is 1. The molecule has 136 valence electrons. The summed E-state index contributed by atoms with van der Waals surface area (Å²) in [6.45, 7) is 3.27. The average molecular weight is 356 g/mol. The lowest BCUT2D eigenvalue weighted by Crippen LogP contribution is -2.24. The third-order valence-electron chi connectivity index (χ3n) is 3.35. The molecule has 0 saturated heterocycles. The Balaban J connectivity index is 1.88. The van der Waals surface area contributed by atoms with Crippen LogP contribution in [0.2, 0.25) is 0 Å². The van der Waals surface area contributed by atoms with Gasteiger partial charge in [0.25, 0.3) is 5.91 Å². The molecule has 0 radical (unpaired) electrons. The fourth-order valence-electron chi connectivity index (χ4n) is 2.17. The van der Waals surface area contributed by atoms with E-state index in [9.17, 15) is 9.59 Å². The summed E-state index contributed by atoms with van der Waals surface area (Å²) in [6, 6.07) is 12.5. The second-order valence-electron chi connectivity index (χ2n) is 5.57. The Hall–Kier alpha value is -3.35. The number of nitrogens with zero attached hydrogens (tertiary/aromatic N) is 1. The number of hydrogen-bond acceptors (Lipinski definition) is 5. The summed E-state index contributed by atoms with van der Waals surface area (Å²) in [5.74, 6) is -0.486. The minimum atomic E-state index is -1.08. The summed E-state index contributed by atoms with van der Waals surface area (Å²) >= 11 is 0. The van der Waals surface area contributed by atoms with Gasteiger partial charge in [0.15, 0.2) is 13.2 Å². The van der Waals surface area contributed by atoms with Crippen molar-refractivity contribution in [1.29, 1.82) is 0 Å². The maximum atomic E-state index is 11.8. The van der Waals surface area contributed by atoms with Crippen molar-refractivity contribution < 1.29 is 24.2 Å². The number of benzene rings is 2. The van der Waals surface area contributed by atoms with E-state index in [-0.39, 0.29) is 6.61 Å². The highest BCUT2D eigenvalue weighted by atomic mass is 16.5. The number of nitrogens with one attached hydrogen (secondary N) is 1. The fourth-order valence-corrected chi connectivity index (χ4v) is 2.17. The largest absolute Gasteiger partial charge is 0.483 e. The minimum Gasteiger partial charge on any atom is -0.483 e. The van der Waals surface area contributed by atoms with Gasteiger partial charge in [0, 0.05) is 5.56 Å². The van der Waals surface area contributed by atoms with E-state index >= 15 is 0 Å².